The predicted molar refractivity (Wildman–Crippen MR) is 99.7 cm³/mol. The Hall–Kier alpha value is -1.63. The van der Waals surface area contributed by atoms with Crippen LogP contribution in [0.4, 0.5) is 4.39 Å². The molecule has 0 unspecified atom stereocenters. The normalized spacial score (nSPS) is 11.3. The van der Waals surface area contributed by atoms with Crippen LogP contribution in [-0.4, -0.2) is 50.5 Å². The highest BCUT2D eigenvalue weighted by Crippen LogP contribution is 2.16. The molecule has 134 valence electrons. The molecule has 0 heterocycles. The minimum absolute atomic E-state index is 0.0732. The highest BCUT2D eigenvalue weighted by molar-refractivity contribution is 9.10. The lowest BCUT2D eigenvalue weighted by atomic mass is 10.1. The first kappa shape index (κ1) is 20.4. The summed E-state index contributed by atoms with van der Waals surface area (Å²) in [5.41, 5.74) is 0.697. The van der Waals surface area contributed by atoms with Crippen molar-refractivity contribution in [3.05, 3.63) is 34.1 Å². The minimum atomic E-state index is -0.194. The molecular formula is C17H26BrFN4O. The summed E-state index contributed by atoms with van der Waals surface area (Å²) in [5, 5.41) is 6.27. The number of carbonyl (C=O) groups is 1. The molecule has 0 atom stereocenters. The maximum atomic E-state index is 13.7. The zero-order chi connectivity index (χ0) is 17.9. The molecule has 0 aliphatic rings. The molecule has 1 amide bonds. The van der Waals surface area contributed by atoms with Gasteiger partial charge in [-0.3, -0.25) is 9.79 Å². The van der Waals surface area contributed by atoms with Gasteiger partial charge in [-0.1, -0.05) is 22.0 Å². The molecule has 5 nitrogen and oxygen atoms in total. The van der Waals surface area contributed by atoms with Gasteiger partial charge < -0.3 is 15.5 Å². The summed E-state index contributed by atoms with van der Waals surface area (Å²) in [4.78, 5) is 17.6. The van der Waals surface area contributed by atoms with Crippen molar-refractivity contribution in [1.82, 2.24) is 15.5 Å². The molecule has 0 bridgehead atoms. The van der Waals surface area contributed by atoms with Crippen molar-refractivity contribution in [1.29, 1.82) is 0 Å². The zero-order valence-corrected chi connectivity index (χ0v) is 16.1. The van der Waals surface area contributed by atoms with E-state index in [2.05, 4.69) is 31.6 Å². The van der Waals surface area contributed by atoms with E-state index in [-0.39, 0.29) is 11.7 Å². The molecule has 0 saturated heterocycles. The third-order valence-electron chi connectivity index (χ3n) is 3.36. The molecule has 0 saturated carbocycles. The molecule has 0 spiro atoms. The van der Waals surface area contributed by atoms with Crippen molar-refractivity contribution in [3.63, 3.8) is 0 Å². The number of carbonyl (C=O) groups excluding carboxylic acids is 1. The third kappa shape index (κ3) is 7.77. The average molecular weight is 401 g/mol. The molecule has 1 aromatic rings. The Morgan fingerprint density at radius 3 is 2.71 bits per heavy atom. The topological polar surface area (TPSA) is 56.7 Å². The fourth-order valence-electron chi connectivity index (χ4n) is 2.04. The van der Waals surface area contributed by atoms with Crippen LogP contribution in [0.15, 0.2) is 27.7 Å². The Labute approximate surface area is 151 Å². The number of hydrogen-bond acceptors (Lipinski definition) is 2. The Morgan fingerprint density at radius 2 is 2.08 bits per heavy atom. The summed E-state index contributed by atoms with van der Waals surface area (Å²) in [5.74, 6) is 0.560. The Kier molecular flexibility index (Phi) is 9.37. The lowest BCUT2D eigenvalue weighted by Gasteiger charge is -2.13. The Morgan fingerprint density at radius 1 is 1.33 bits per heavy atom. The number of aliphatic imine (C=N–C) groups is 1. The lowest BCUT2D eigenvalue weighted by Crippen LogP contribution is -2.39. The van der Waals surface area contributed by atoms with E-state index in [0.717, 1.165) is 17.4 Å². The van der Waals surface area contributed by atoms with Crippen LogP contribution in [0.25, 0.3) is 0 Å². The van der Waals surface area contributed by atoms with Crippen molar-refractivity contribution in [3.8, 4) is 0 Å². The quantitative estimate of drug-likeness (QED) is 0.400. The van der Waals surface area contributed by atoms with Crippen LogP contribution in [0.2, 0.25) is 0 Å². The second-order valence-electron chi connectivity index (χ2n) is 5.56. The number of halogens is 2. The van der Waals surface area contributed by atoms with Crippen molar-refractivity contribution < 1.29 is 9.18 Å². The molecule has 1 rings (SSSR count). The van der Waals surface area contributed by atoms with Crippen LogP contribution in [0, 0.1) is 5.82 Å². The molecular weight excluding hydrogens is 375 g/mol. The van der Waals surface area contributed by atoms with Gasteiger partial charge in [0.1, 0.15) is 5.82 Å². The SMILES string of the molecule is CCNC(=NCCCc1ccc(Br)cc1F)NCCC(=O)N(C)C. The number of aryl methyl sites for hydroxylation is 1. The van der Waals surface area contributed by atoms with Gasteiger partial charge in [0.15, 0.2) is 5.96 Å². The summed E-state index contributed by atoms with van der Waals surface area (Å²) >= 11 is 3.25. The van der Waals surface area contributed by atoms with Crippen LogP contribution < -0.4 is 10.6 Å². The number of rotatable bonds is 8. The molecule has 2 N–H and O–H groups in total. The van der Waals surface area contributed by atoms with Crippen LogP contribution in [0.1, 0.15) is 25.3 Å². The zero-order valence-electron chi connectivity index (χ0n) is 14.5. The summed E-state index contributed by atoms with van der Waals surface area (Å²) in [7, 11) is 3.48. The smallest absolute Gasteiger partial charge is 0.223 e. The van der Waals surface area contributed by atoms with Gasteiger partial charge in [0.2, 0.25) is 5.91 Å². The Bertz CT molecular complexity index is 564. The maximum Gasteiger partial charge on any atom is 0.223 e. The second-order valence-corrected chi connectivity index (χ2v) is 6.48. The molecule has 0 aromatic heterocycles. The van der Waals surface area contributed by atoms with E-state index < -0.39 is 0 Å². The van der Waals surface area contributed by atoms with Crippen molar-refractivity contribution in [2.24, 2.45) is 4.99 Å². The molecule has 0 aliphatic heterocycles. The van der Waals surface area contributed by atoms with Crippen LogP contribution in [0.5, 0.6) is 0 Å². The van der Waals surface area contributed by atoms with Gasteiger partial charge >= 0.3 is 0 Å². The predicted octanol–water partition coefficient (Wildman–Crippen LogP) is 2.55. The average Bonchev–Trinajstić information content (AvgIpc) is 2.52. The maximum absolute atomic E-state index is 13.7. The first-order valence-corrected chi connectivity index (χ1v) is 8.89. The van der Waals surface area contributed by atoms with Gasteiger partial charge in [0, 0.05) is 44.6 Å². The van der Waals surface area contributed by atoms with Gasteiger partial charge in [-0.2, -0.15) is 0 Å². The first-order valence-electron chi connectivity index (χ1n) is 8.10. The van der Waals surface area contributed by atoms with Crippen molar-refractivity contribution in [2.75, 3.05) is 33.7 Å². The number of nitrogens with zero attached hydrogens (tertiary/aromatic N) is 2. The molecule has 0 fully saturated rings. The largest absolute Gasteiger partial charge is 0.357 e. The standard InChI is InChI=1S/C17H26BrFN4O/c1-4-20-17(22-11-9-16(24)23(2)3)21-10-5-6-13-7-8-14(18)12-15(13)19/h7-8,12H,4-6,9-11H2,1-3H3,(H2,20,21,22). The van der Waals surface area contributed by atoms with E-state index in [9.17, 15) is 9.18 Å². The first-order chi connectivity index (χ1) is 11.4. The molecule has 0 radical (unpaired) electrons. The summed E-state index contributed by atoms with van der Waals surface area (Å²) in [6.07, 6.45) is 1.81. The summed E-state index contributed by atoms with van der Waals surface area (Å²) in [6, 6.07) is 5.11. The van der Waals surface area contributed by atoms with Crippen LogP contribution in [-0.2, 0) is 11.2 Å². The molecule has 7 heteroatoms. The molecule has 0 aliphatic carbocycles. The van der Waals surface area contributed by atoms with Crippen molar-refractivity contribution >= 4 is 27.8 Å². The third-order valence-corrected chi connectivity index (χ3v) is 3.86. The second kappa shape index (κ2) is 11.0. The van der Waals surface area contributed by atoms with Crippen molar-refractivity contribution in [2.45, 2.75) is 26.2 Å². The minimum Gasteiger partial charge on any atom is -0.357 e. The number of hydrogen-bond donors (Lipinski definition) is 2. The van der Waals surface area contributed by atoms with Crippen LogP contribution >= 0.6 is 15.9 Å². The lowest BCUT2D eigenvalue weighted by molar-refractivity contribution is -0.128. The van der Waals surface area contributed by atoms with E-state index >= 15 is 0 Å². The Balaban J connectivity index is 2.40. The molecule has 24 heavy (non-hydrogen) atoms. The van der Waals surface area contributed by atoms with E-state index in [1.54, 1.807) is 25.1 Å². The van der Waals surface area contributed by atoms with E-state index in [1.807, 2.05) is 13.0 Å². The van der Waals surface area contributed by atoms with Gasteiger partial charge in [0.25, 0.3) is 0 Å². The van der Waals surface area contributed by atoms with Crippen LogP contribution in [0.3, 0.4) is 0 Å². The highest BCUT2D eigenvalue weighted by atomic mass is 79.9. The number of guanidine groups is 1. The van der Waals surface area contributed by atoms with E-state index in [0.29, 0.717) is 37.5 Å². The number of benzene rings is 1. The summed E-state index contributed by atoms with van der Waals surface area (Å²) < 4.78 is 14.5. The van der Waals surface area contributed by atoms with E-state index in [4.69, 9.17) is 0 Å². The summed E-state index contributed by atoms with van der Waals surface area (Å²) in [6.45, 7) is 3.85. The van der Waals surface area contributed by atoms with E-state index in [1.165, 1.54) is 6.07 Å². The fraction of sp³-hybridized carbons (Fsp3) is 0.529. The van der Waals surface area contributed by atoms with Gasteiger partial charge in [-0.05, 0) is 37.5 Å². The monoisotopic (exact) mass is 400 g/mol. The van der Waals surface area contributed by atoms with Gasteiger partial charge in [-0.15, -0.1) is 0 Å². The molecule has 1 aromatic carbocycles. The highest BCUT2D eigenvalue weighted by Gasteiger charge is 2.05. The van der Waals surface area contributed by atoms with Gasteiger partial charge in [-0.25, -0.2) is 4.39 Å². The fourth-order valence-corrected chi connectivity index (χ4v) is 2.37. The number of amides is 1. The van der Waals surface area contributed by atoms with Gasteiger partial charge in [0.05, 0.1) is 0 Å². The number of nitrogens with one attached hydrogen (secondary N) is 2.